The maximum absolute atomic E-state index is 11.8. The first-order valence-electron chi connectivity index (χ1n) is 6.14. The first-order chi connectivity index (χ1) is 9.56. The van der Waals surface area contributed by atoms with Gasteiger partial charge in [0.25, 0.3) is 5.91 Å². The molecular formula is C15H15NO2S2. The van der Waals surface area contributed by atoms with Gasteiger partial charge in [-0.2, -0.15) is 0 Å². The van der Waals surface area contributed by atoms with Crippen LogP contribution in [0.3, 0.4) is 0 Å². The van der Waals surface area contributed by atoms with Crippen molar-refractivity contribution in [1.82, 2.24) is 5.32 Å². The molecule has 0 bridgehead atoms. The second-order valence-electron chi connectivity index (χ2n) is 4.41. The van der Waals surface area contributed by atoms with Crippen LogP contribution in [-0.2, 0) is 4.79 Å². The Bertz CT molecular complexity index is 621. The van der Waals surface area contributed by atoms with Gasteiger partial charge in [0.15, 0.2) is 0 Å². The Hall–Kier alpha value is -1.59. The Morgan fingerprint density at radius 3 is 2.75 bits per heavy atom. The minimum atomic E-state index is -0.327. The van der Waals surface area contributed by atoms with E-state index in [1.165, 1.54) is 23.1 Å². The average Bonchev–Trinajstić information content (AvgIpc) is 2.94. The molecule has 0 radical (unpaired) electrons. The third-order valence-electron chi connectivity index (χ3n) is 2.70. The number of hydrogen-bond acceptors (Lipinski definition) is 4. The summed E-state index contributed by atoms with van der Waals surface area (Å²) in [5.41, 5.74) is 2.30. The summed E-state index contributed by atoms with van der Waals surface area (Å²) >= 11 is 2.77. The van der Waals surface area contributed by atoms with Gasteiger partial charge < -0.3 is 0 Å². The van der Waals surface area contributed by atoms with E-state index < -0.39 is 0 Å². The monoisotopic (exact) mass is 305 g/mol. The number of benzene rings is 1. The molecule has 2 rings (SSSR count). The molecule has 5 heteroatoms. The molecule has 0 fully saturated rings. The van der Waals surface area contributed by atoms with Crippen LogP contribution in [0.5, 0.6) is 0 Å². The maximum Gasteiger partial charge on any atom is 0.267 e. The van der Waals surface area contributed by atoms with Crippen molar-refractivity contribution >= 4 is 34.9 Å². The fourth-order valence-corrected chi connectivity index (χ4v) is 3.18. The lowest BCUT2D eigenvalue weighted by molar-refractivity contribution is -0.117. The molecule has 3 nitrogen and oxygen atoms in total. The predicted molar refractivity (Wildman–Crippen MR) is 83.4 cm³/mol. The van der Waals surface area contributed by atoms with Gasteiger partial charge in [-0.05, 0) is 36.9 Å². The fraction of sp³-hybridized carbons (Fsp3) is 0.200. The zero-order valence-electron chi connectivity index (χ0n) is 11.3. The van der Waals surface area contributed by atoms with E-state index in [4.69, 9.17) is 0 Å². The zero-order valence-corrected chi connectivity index (χ0v) is 12.9. The predicted octanol–water partition coefficient (Wildman–Crippen LogP) is 3.41. The summed E-state index contributed by atoms with van der Waals surface area (Å²) in [5.74, 6) is -0.359. The zero-order chi connectivity index (χ0) is 14.5. The van der Waals surface area contributed by atoms with E-state index in [1.54, 1.807) is 12.1 Å². The summed E-state index contributed by atoms with van der Waals surface area (Å²) in [6.07, 6.45) is 0. The third kappa shape index (κ3) is 3.95. The van der Waals surface area contributed by atoms with Gasteiger partial charge in [0.05, 0.1) is 10.6 Å². The molecule has 1 heterocycles. The maximum atomic E-state index is 11.8. The molecule has 1 aromatic carbocycles. The first kappa shape index (κ1) is 14.8. The van der Waals surface area contributed by atoms with Gasteiger partial charge in [0.1, 0.15) is 0 Å². The van der Waals surface area contributed by atoms with E-state index in [0.717, 1.165) is 16.0 Å². The van der Waals surface area contributed by atoms with Crippen molar-refractivity contribution in [2.24, 2.45) is 0 Å². The van der Waals surface area contributed by atoms with Crippen molar-refractivity contribution in [2.75, 3.05) is 5.75 Å². The molecule has 0 unspecified atom stereocenters. The Morgan fingerprint density at radius 2 is 2.05 bits per heavy atom. The molecular weight excluding hydrogens is 290 g/mol. The van der Waals surface area contributed by atoms with Crippen LogP contribution in [0.4, 0.5) is 0 Å². The minimum absolute atomic E-state index is 0.238. The Kier molecular flexibility index (Phi) is 4.98. The van der Waals surface area contributed by atoms with Crippen molar-refractivity contribution in [3.63, 3.8) is 0 Å². The summed E-state index contributed by atoms with van der Waals surface area (Å²) in [7, 11) is 0. The number of imide groups is 1. The lowest BCUT2D eigenvalue weighted by Crippen LogP contribution is -2.31. The Balaban J connectivity index is 1.89. The largest absolute Gasteiger partial charge is 0.291 e. The molecule has 0 saturated heterocycles. The molecule has 1 N–H and O–H groups in total. The highest BCUT2D eigenvalue weighted by Gasteiger charge is 2.11. The van der Waals surface area contributed by atoms with Crippen LogP contribution < -0.4 is 5.32 Å². The first-order valence-corrected chi connectivity index (χ1v) is 8.00. The molecule has 2 aromatic rings. The average molecular weight is 305 g/mol. The number of hydrogen-bond donors (Lipinski definition) is 1. The summed E-state index contributed by atoms with van der Waals surface area (Å²) in [4.78, 5) is 25.1. The molecule has 0 saturated carbocycles. The van der Waals surface area contributed by atoms with Crippen molar-refractivity contribution in [3.05, 3.63) is 51.7 Å². The Morgan fingerprint density at radius 1 is 1.25 bits per heavy atom. The third-order valence-corrected chi connectivity index (χ3v) is 4.73. The number of nitrogens with one attached hydrogen (secondary N) is 1. The molecule has 0 aliphatic carbocycles. The van der Waals surface area contributed by atoms with E-state index in [0.29, 0.717) is 4.88 Å². The molecule has 20 heavy (non-hydrogen) atoms. The highest BCUT2D eigenvalue weighted by molar-refractivity contribution is 8.00. The molecule has 104 valence electrons. The van der Waals surface area contributed by atoms with E-state index in [9.17, 15) is 9.59 Å². The van der Waals surface area contributed by atoms with Gasteiger partial charge in [0.2, 0.25) is 5.91 Å². The van der Waals surface area contributed by atoms with Crippen LogP contribution in [0.2, 0.25) is 0 Å². The van der Waals surface area contributed by atoms with E-state index in [1.807, 2.05) is 37.4 Å². The van der Waals surface area contributed by atoms with Crippen LogP contribution in [0, 0.1) is 13.8 Å². The number of thioether (sulfide) groups is 1. The van der Waals surface area contributed by atoms with Crippen LogP contribution in [-0.4, -0.2) is 17.6 Å². The van der Waals surface area contributed by atoms with Gasteiger partial charge >= 0.3 is 0 Å². The van der Waals surface area contributed by atoms with Crippen LogP contribution in [0.1, 0.15) is 20.8 Å². The summed E-state index contributed by atoms with van der Waals surface area (Å²) in [6.45, 7) is 4.03. The van der Waals surface area contributed by atoms with Crippen molar-refractivity contribution in [3.8, 4) is 0 Å². The molecule has 0 atom stereocenters. The fourth-order valence-electron chi connectivity index (χ4n) is 1.64. The van der Waals surface area contributed by atoms with Crippen molar-refractivity contribution in [1.29, 1.82) is 0 Å². The molecule has 1 aromatic heterocycles. The van der Waals surface area contributed by atoms with Gasteiger partial charge in [-0.3, -0.25) is 14.9 Å². The van der Waals surface area contributed by atoms with Gasteiger partial charge in [0, 0.05) is 4.90 Å². The summed E-state index contributed by atoms with van der Waals surface area (Å²) in [6, 6.07) is 9.61. The van der Waals surface area contributed by atoms with E-state index in [-0.39, 0.29) is 17.6 Å². The number of carbonyl (C=O) groups excluding carboxylic acids is 2. The van der Waals surface area contributed by atoms with Crippen LogP contribution in [0.25, 0.3) is 0 Å². The van der Waals surface area contributed by atoms with Gasteiger partial charge in [-0.15, -0.1) is 23.1 Å². The molecule has 0 aliphatic rings. The van der Waals surface area contributed by atoms with E-state index >= 15 is 0 Å². The van der Waals surface area contributed by atoms with Gasteiger partial charge in [-0.25, -0.2) is 0 Å². The van der Waals surface area contributed by atoms with Crippen LogP contribution >= 0.6 is 23.1 Å². The normalized spacial score (nSPS) is 10.3. The lowest BCUT2D eigenvalue weighted by Gasteiger charge is -2.06. The SMILES string of the molecule is Cc1ccc(C)c(SCC(=O)NC(=O)c2cccs2)c1. The molecule has 0 aliphatic heterocycles. The number of aryl methyl sites for hydroxylation is 2. The lowest BCUT2D eigenvalue weighted by atomic mass is 10.2. The number of rotatable bonds is 4. The topological polar surface area (TPSA) is 46.2 Å². The summed E-state index contributed by atoms with van der Waals surface area (Å²) < 4.78 is 0. The number of carbonyl (C=O) groups is 2. The quantitative estimate of drug-likeness (QED) is 0.881. The highest BCUT2D eigenvalue weighted by atomic mass is 32.2. The second-order valence-corrected chi connectivity index (χ2v) is 6.38. The van der Waals surface area contributed by atoms with E-state index in [2.05, 4.69) is 5.32 Å². The van der Waals surface area contributed by atoms with Crippen LogP contribution in [0.15, 0.2) is 40.6 Å². The molecule has 0 spiro atoms. The van der Waals surface area contributed by atoms with Crippen molar-refractivity contribution in [2.45, 2.75) is 18.7 Å². The second kappa shape index (κ2) is 6.72. The number of amides is 2. The minimum Gasteiger partial charge on any atom is -0.291 e. The van der Waals surface area contributed by atoms with Crippen molar-refractivity contribution < 1.29 is 9.59 Å². The standard InChI is InChI=1S/C15H15NO2S2/c1-10-5-6-11(2)13(8-10)20-9-14(17)16-15(18)12-4-3-7-19-12/h3-8H,9H2,1-2H3,(H,16,17,18). The smallest absolute Gasteiger partial charge is 0.267 e. The summed E-state index contributed by atoms with van der Waals surface area (Å²) in [5, 5.41) is 4.21. The highest BCUT2D eigenvalue weighted by Crippen LogP contribution is 2.23. The Labute approximate surface area is 126 Å². The molecule has 2 amide bonds. The van der Waals surface area contributed by atoms with Gasteiger partial charge in [-0.1, -0.05) is 23.8 Å². The number of thiophene rings is 1.